The van der Waals surface area contributed by atoms with E-state index in [1.807, 2.05) is 0 Å². The Labute approximate surface area is 144 Å². The second-order valence-electron chi connectivity index (χ2n) is 4.97. The molecule has 0 fully saturated rings. The standard InChI is InChI=1S/C18H17NO6/c1-23-13(20)9-12(17(21)24-2)14-10-7-5-4-6-8-11(10)15(16(14)19)18(22)25-3/h4-9H,19H2,1-3H3/b12-9-. The van der Waals surface area contributed by atoms with E-state index in [1.54, 1.807) is 30.3 Å². The van der Waals surface area contributed by atoms with Crippen molar-refractivity contribution in [1.82, 2.24) is 0 Å². The van der Waals surface area contributed by atoms with Gasteiger partial charge in [-0.15, -0.1) is 0 Å². The first-order chi connectivity index (χ1) is 12.0. The maximum atomic E-state index is 12.2. The monoisotopic (exact) mass is 343 g/mol. The first kappa shape index (κ1) is 18.0. The van der Waals surface area contributed by atoms with E-state index in [0.717, 1.165) is 6.08 Å². The van der Waals surface area contributed by atoms with Gasteiger partial charge in [0, 0.05) is 11.6 Å². The Balaban J connectivity index is 2.87. The third kappa shape index (κ3) is 3.30. The van der Waals surface area contributed by atoms with Crippen molar-refractivity contribution in [3.05, 3.63) is 47.5 Å². The minimum atomic E-state index is -0.785. The van der Waals surface area contributed by atoms with Gasteiger partial charge in [-0.3, -0.25) is 0 Å². The van der Waals surface area contributed by atoms with Crippen LogP contribution in [-0.2, 0) is 23.8 Å². The third-order valence-electron chi connectivity index (χ3n) is 3.64. The van der Waals surface area contributed by atoms with Gasteiger partial charge in [-0.2, -0.15) is 0 Å². The number of ether oxygens (including phenoxy) is 3. The number of anilines is 1. The average molecular weight is 343 g/mol. The van der Waals surface area contributed by atoms with Crippen molar-refractivity contribution in [2.24, 2.45) is 0 Å². The van der Waals surface area contributed by atoms with E-state index >= 15 is 0 Å². The first-order valence-corrected chi connectivity index (χ1v) is 7.23. The summed E-state index contributed by atoms with van der Waals surface area (Å²) in [7, 11) is 3.59. The molecule has 2 aliphatic carbocycles. The molecule has 2 rings (SSSR count). The maximum Gasteiger partial charge on any atom is 0.340 e. The van der Waals surface area contributed by atoms with Crippen LogP contribution in [0.1, 0.15) is 15.9 Å². The average Bonchev–Trinajstić information content (AvgIpc) is 2.77. The molecule has 2 N–H and O–H groups in total. The fourth-order valence-corrected chi connectivity index (χ4v) is 2.53. The Morgan fingerprint density at radius 2 is 1.48 bits per heavy atom. The molecule has 0 bridgehead atoms. The summed E-state index contributed by atoms with van der Waals surface area (Å²) < 4.78 is 14.1. The van der Waals surface area contributed by atoms with Gasteiger partial charge in [0.05, 0.1) is 38.2 Å². The van der Waals surface area contributed by atoms with Crippen LogP contribution in [0, 0.1) is 0 Å². The molecule has 0 aromatic rings. The van der Waals surface area contributed by atoms with Crippen LogP contribution in [-0.4, -0.2) is 39.2 Å². The summed E-state index contributed by atoms with van der Waals surface area (Å²) in [4.78, 5) is 36.1. The molecule has 0 saturated heterocycles. The zero-order valence-corrected chi connectivity index (χ0v) is 14.0. The number of hydrogen-bond donors (Lipinski definition) is 1. The smallest absolute Gasteiger partial charge is 0.340 e. The Bertz CT molecular complexity index is 840. The van der Waals surface area contributed by atoms with E-state index in [2.05, 4.69) is 4.74 Å². The summed E-state index contributed by atoms with van der Waals surface area (Å²) in [5.41, 5.74) is 7.37. The van der Waals surface area contributed by atoms with Crippen LogP contribution in [0.5, 0.6) is 0 Å². The molecule has 0 unspecified atom stereocenters. The Morgan fingerprint density at radius 1 is 0.880 bits per heavy atom. The van der Waals surface area contributed by atoms with Crippen molar-refractivity contribution < 1.29 is 28.6 Å². The van der Waals surface area contributed by atoms with E-state index in [0.29, 0.717) is 11.1 Å². The van der Waals surface area contributed by atoms with E-state index in [1.165, 1.54) is 21.3 Å². The zero-order valence-electron chi connectivity index (χ0n) is 14.0. The lowest BCUT2D eigenvalue weighted by Crippen LogP contribution is -2.09. The number of fused-ring (bicyclic) bond motifs is 1. The molecular weight excluding hydrogens is 326 g/mol. The van der Waals surface area contributed by atoms with Crippen molar-refractivity contribution in [3.63, 3.8) is 0 Å². The van der Waals surface area contributed by atoms with Gasteiger partial charge in [-0.1, -0.05) is 30.3 Å². The predicted octanol–water partition coefficient (Wildman–Crippen LogP) is 1.89. The van der Waals surface area contributed by atoms with Crippen molar-refractivity contribution >= 4 is 29.2 Å². The molecule has 7 heteroatoms. The minimum Gasteiger partial charge on any atom is -0.466 e. The van der Waals surface area contributed by atoms with E-state index in [4.69, 9.17) is 15.2 Å². The molecule has 0 aromatic carbocycles. The summed E-state index contributed by atoms with van der Waals surface area (Å²) in [5.74, 6) is -2.19. The molecule has 0 aromatic heterocycles. The van der Waals surface area contributed by atoms with Gasteiger partial charge in [-0.05, 0) is 11.1 Å². The van der Waals surface area contributed by atoms with Crippen molar-refractivity contribution in [2.45, 2.75) is 0 Å². The molecule has 0 atom stereocenters. The lowest BCUT2D eigenvalue weighted by atomic mass is 10.0. The van der Waals surface area contributed by atoms with E-state index in [-0.39, 0.29) is 22.4 Å². The number of rotatable bonds is 4. The summed E-state index contributed by atoms with van der Waals surface area (Å²) in [6.45, 7) is 0. The van der Waals surface area contributed by atoms with Crippen LogP contribution in [0.2, 0.25) is 0 Å². The summed E-state index contributed by atoms with van der Waals surface area (Å²) in [6, 6.07) is 8.55. The molecule has 25 heavy (non-hydrogen) atoms. The highest BCUT2D eigenvalue weighted by Gasteiger charge is 2.30. The predicted molar refractivity (Wildman–Crippen MR) is 90.8 cm³/mol. The number of nitrogen functional groups attached to an aromatic ring is 1. The molecular formula is C18H17NO6. The number of hydrogen-bond acceptors (Lipinski definition) is 7. The minimum absolute atomic E-state index is 0.0219. The number of carbonyl (C=O) groups is 3. The molecule has 0 radical (unpaired) electrons. The summed E-state index contributed by atoms with van der Waals surface area (Å²) in [6.07, 6.45) is 0.977. The Kier molecular flexibility index (Phi) is 5.38. The number of esters is 3. The maximum absolute atomic E-state index is 12.2. The van der Waals surface area contributed by atoms with Crippen molar-refractivity contribution in [1.29, 1.82) is 0 Å². The Morgan fingerprint density at radius 3 is 2.00 bits per heavy atom. The zero-order chi connectivity index (χ0) is 18.6. The third-order valence-corrected chi connectivity index (χ3v) is 3.64. The lowest BCUT2D eigenvalue weighted by Gasteiger charge is -2.07. The summed E-state index contributed by atoms with van der Waals surface area (Å²) >= 11 is 0. The van der Waals surface area contributed by atoms with Gasteiger partial charge in [-0.25, -0.2) is 14.4 Å². The SMILES string of the molecule is COC(=O)/C=C(\C(=O)OC)c1c2cccccc-2c(C(=O)OC)c1N. The second-order valence-corrected chi connectivity index (χ2v) is 4.97. The van der Waals surface area contributed by atoms with Crippen molar-refractivity contribution in [3.8, 4) is 11.1 Å². The molecule has 0 aliphatic heterocycles. The fourth-order valence-electron chi connectivity index (χ4n) is 2.53. The van der Waals surface area contributed by atoms with E-state index in [9.17, 15) is 14.4 Å². The molecule has 0 saturated carbocycles. The highest BCUT2D eigenvalue weighted by molar-refractivity contribution is 6.26. The van der Waals surface area contributed by atoms with Crippen LogP contribution in [0.3, 0.4) is 0 Å². The van der Waals surface area contributed by atoms with Gasteiger partial charge >= 0.3 is 17.9 Å². The van der Waals surface area contributed by atoms with Gasteiger partial charge < -0.3 is 19.9 Å². The van der Waals surface area contributed by atoms with E-state index < -0.39 is 17.9 Å². The normalized spacial score (nSPS) is 11.1. The topological polar surface area (TPSA) is 105 Å². The molecule has 7 nitrogen and oxygen atoms in total. The van der Waals surface area contributed by atoms with Gasteiger partial charge in [0.15, 0.2) is 0 Å². The number of nitrogens with two attached hydrogens (primary N) is 1. The largest absolute Gasteiger partial charge is 0.466 e. The second kappa shape index (κ2) is 7.48. The van der Waals surface area contributed by atoms with Crippen LogP contribution >= 0.6 is 0 Å². The van der Waals surface area contributed by atoms with Crippen LogP contribution in [0.4, 0.5) is 5.69 Å². The molecule has 0 spiro atoms. The Hall–Kier alpha value is -3.35. The van der Waals surface area contributed by atoms with Crippen molar-refractivity contribution in [2.75, 3.05) is 27.1 Å². The molecule has 0 heterocycles. The highest BCUT2D eigenvalue weighted by atomic mass is 16.5. The molecule has 2 aliphatic rings. The number of carbonyl (C=O) groups excluding carboxylic acids is 3. The van der Waals surface area contributed by atoms with Crippen LogP contribution < -0.4 is 5.73 Å². The highest BCUT2D eigenvalue weighted by Crippen LogP contribution is 2.42. The first-order valence-electron chi connectivity index (χ1n) is 7.23. The van der Waals surface area contributed by atoms with Crippen LogP contribution in [0.15, 0.2) is 36.4 Å². The van der Waals surface area contributed by atoms with Gasteiger partial charge in [0.1, 0.15) is 0 Å². The quantitative estimate of drug-likeness (QED) is 0.513. The molecule has 0 amide bonds. The van der Waals surface area contributed by atoms with Gasteiger partial charge in [0.25, 0.3) is 0 Å². The van der Waals surface area contributed by atoms with Gasteiger partial charge in [0.2, 0.25) is 0 Å². The summed E-state index contributed by atoms with van der Waals surface area (Å²) in [5, 5.41) is 0. The molecule has 130 valence electrons. The fraction of sp³-hybridized carbons (Fsp3) is 0.167. The number of methoxy groups -OCH3 is 3. The lowest BCUT2D eigenvalue weighted by molar-refractivity contribution is -0.136. The van der Waals surface area contributed by atoms with Crippen LogP contribution in [0.25, 0.3) is 16.7 Å².